The summed E-state index contributed by atoms with van der Waals surface area (Å²) in [7, 11) is 1.89. The number of rotatable bonds is 8. The highest BCUT2D eigenvalue weighted by Crippen LogP contribution is 2.39. The Morgan fingerprint density at radius 1 is 0.750 bits per heavy atom. The number of fused-ring (bicyclic) bond motifs is 1. The summed E-state index contributed by atoms with van der Waals surface area (Å²) < 4.78 is 15.0. The molecule has 0 aliphatic heterocycles. The van der Waals surface area contributed by atoms with E-state index in [1.54, 1.807) is 18.2 Å². The van der Waals surface area contributed by atoms with Crippen LogP contribution in [-0.4, -0.2) is 54.9 Å². The third-order valence-corrected chi connectivity index (χ3v) is 6.64. The van der Waals surface area contributed by atoms with Crippen LogP contribution in [0.2, 0.25) is 0 Å². The third-order valence-electron chi connectivity index (χ3n) is 6.64. The van der Waals surface area contributed by atoms with Crippen LogP contribution >= 0.6 is 74.4 Å². The molecule has 0 saturated heterocycles. The van der Waals surface area contributed by atoms with E-state index < -0.39 is 41.7 Å². The number of aromatic nitrogens is 4. The maximum absolute atomic E-state index is 13.8. The van der Waals surface area contributed by atoms with Crippen LogP contribution in [0.4, 0.5) is 0 Å². The summed E-state index contributed by atoms with van der Waals surface area (Å²) in [5, 5.41) is 5.21. The molecular formula is C29H41Cl6N7O6. The average molecular weight is 796 g/mol. The third kappa shape index (κ3) is 10.1. The molecule has 0 amide bonds. The number of nitrogens with zero attached hydrogens (tertiary/aromatic N) is 4. The van der Waals surface area contributed by atoms with E-state index >= 15 is 0 Å². The molecule has 0 aliphatic rings. The second-order valence-electron chi connectivity index (χ2n) is 10.6. The second-order valence-corrected chi connectivity index (χ2v) is 10.6. The van der Waals surface area contributed by atoms with Gasteiger partial charge in [-0.3, -0.25) is 4.79 Å². The van der Waals surface area contributed by atoms with E-state index in [4.69, 9.17) is 26.7 Å². The van der Waals surface area contributed by atoms with E-state index in [9.17, 15) is 19.2 Å². The molecule has 6 N–H and O–H groups in total. The molecule has 0 fully saturated rings. The van der Waals surface area contributed by atoms with Crippen LogP contribution in [0.5, 0.6) is 11.5 Å². The van der Waals surface area contributed by atoms with E-state index in [2.05, 4.69) is 5.10 Å². The normalized spacial score (nSPS) is 12.0. The lowest BCUT2D eigenvalue weighted by atomic mass is 9.98. The predicted molar refractivity (Wildman–Crippen MR) is 200 cm³/mol. The largest absolute Gasteiger partial charge is 0.425 e. The molecule has 13 nitrogen and oxygen atoms in total. The van der Waals surface area contributed by atoms with Crippen molar-refractivity contribution < 1.29 is 23.9 Å². The number of esters is 2. The Morgan fingerprint density at radius 3 is 1.79 bits per heavy atom. The molecule has 0 saturated carbocycles. The summed E-state index contributed by atoms with van der Waals surface area (Å²) in [4.78, 5) is 51.9. The summed E-state index contributed by atoms with van der Waals surface area (Å²) in [6.07, 6.45) is 1.88. The van der Waals surface area contributed by atoms with E-state index in [0.29, 0.717) is 15.9 Å². The van der Waals surface area contributed by atoms with Crippen molar-refractivity contribution in [3.63, 3.8) is 0 Å². The molecule has 19 heteroatoms. The Morgan fingerprint density at radius 2 is 1.29 bits per heavy atom. The zero-order valence-electron chi connectivity index (χ0n) is 26.8. The zero-order valence-corrected chi connectivity index (χ0v) is 31.7. The Labute approximate surface area is 314 Å². The van der Waals surface area contributed by atoms with Gasteiger partial charge in [0.05, 0.1) is 17.3 Å². The van der Waals surface area contributed by atoms with Crippen LogP contribution in [0, 0.1) is 0 Å². The quantitative estimate of drug-likeness (QED) is 0.171. The average Bonchev–Trinajstić information content (AvgIpc) is 3.46. The number of halogens is 6. The van der Waals surface area contributed by atoms with Gasteiger partial charge in [-0.15, -0.1) is 84.2 Å². The van der Waals surface area contributed by atoms with Gasteiger partial charge in [0.15, 0.2) is 5.82 Å². The van der Waals surface area contributed by atoms with Gasteiger partial charge in [0.1, 0.15) is 23.6 Å². The van der Waals surface area contributed by atoms with Crippen molar-refractivity contribution in [1.29, 1.82) is 0 Å². The van der Waals surface area contributed by atoms with Crippen LogP contribution < -0.4 is 32.4 Å². The molecule has 0 spiro atoms. The van der Waals surface area contributed by atoms with Crippen LogP contribution in [0.1, 0.15) is 50.9 Å². The highest BCUT2D eigenvalue weighted by atomic mass is 35.5. The van der Waals surface area contributed by atoms with Gasteiger partial charge >= 0.3 is 17.6 Å². The van der Waals surface area contributed by atoms with Crippen molar-refractivity contribution in [3.05, 3.63) is 58.6 Å². The Bertz CT molecular complexity index is 1770. The lowest BCUT2D eigenvalue weighted by Gasteiger charge is -2.19. The van der Waals surface area contributed by atoms with Gasteiger partial charge in [0.2, 0.25) is 0 Å². The fraction of sp³-hybridized carbons (Fsp3) is 0.345. The van der Waals surface area contributed by atoms with Gasteiger partial charge in [-0.25, -0.2) is 19.0 Å². The van der Waals surface area contributed by atoms with Crippen LogP contribution in [0.25, 0.3) is 28.0 Å². The Kier molecular flexibility index (Phi) is 20.6. The molecule has 48 heavy (non-hydrogen) atoms. The van der Waals surface area contributed by atoms with Gasteiger partial charge in [-0.05, 0) is 62.6 Å². The van der Waals surface area contributed by atoms with Crippen LogP contribution in [0.3, 0.4) is 0 Å². The fourth-order valence-electron chi connectivity index (χ4n) is 4.30. The van der Waals surface area contributed by atoms with E-state index in [1.807, 2.05) is 43.8 Å². The van der Waals surface area contributed by atoms with Gasteiger partial charge in [-0.2, -0.15) is 0 Å². The SMILES string of the molecule is CC(N)C(=O)Oc1cc(OC(=O)C(C)N)c(C(C)C)cc1-c1nn(C(=O)C(C)N)c(=O)n1-c1ccc2c(ccn2C)c1.Cl.Cl.Cl.Cl.Cl.Cl. The maximum Gasteiger partial charge on any atom is 0.358 e. The highest BCUT2D eigenvalue weighted by Gasteiger charge is 2.28. The minimum Gasteiger partial charge on any atom is -0.425 e. The number of carbonyl (C=O) groups excluding carboxylic acids is 3. The fourth-order valence-corrected chi connectivity index (χ4v) is 4.30. The molecule has 0 aliphatic carbocycles. The van der Waals surface area contributed by atoms with Gasteiger partial charge in [0, 0.05) is 30.2 Å². The number of benzene rings is 2. The monoisotopic (exact) mass is 793 g/mol. The van der Waals surface area contributed by atoms with Crippen molar-refractivity contribution in [2.45, 2.75) is 58.7 Å². The molecule has 2 aromatic carbocycles. The van der Waals surface area contributed by atoms with Gasteiger partial charge < -0.3 is 31.2 Å². The molecule has 3 atom stereocenters. The number of nitrogens with two attached hydrogens (primary N) is 3. The molecule has 3 unspecified atom stereocenters. The highest BCUT2D eigenvalue weighted by molar-refractivity contribution is 5.87. The summed E-state index contributed by atoms with van der Waals surface area (Å²) in [5.74, 6) is -2.43. The molecular weight excluding hydrogens is 755 g/mol. The number of hydrogen-bond donors (Lipinski definition) is 3. The molecule has 2 heterocycles. The van der Waals surface area contributed by atoms with Crippen molar-refractivity contribution in [2.24, 2.45) is 24.2 Å². The minimum atomic E-state index is -1.03. The summed E-state index contributed by atoms with van der Waals surface area (Å²) in [6, 6.07) is 7.20. The predicted octanol–water partition coefficient (Wildman–Crippen LogP) is 4.34. The van der Waals surface area contributed by atoms with Crippen LogP contribution in [0.15, 0.2) is 47.4 Å². The molecule has 4 rings (SSSR count). The number of ether oxygens (including phenoxy) is 2. The van der Waals surface area contributed by atoms with Crippen molar-refractivity contribution in [2.75, 3.05) is 0 Å². The topological polar surface area (TPSA) is 192 Å². The van der Waals surface area contributed by atoms with Gasteiger partial charge in [0.25, 0.3) is 5.91 Å². The standard InChI is InChI=1S/C29H35N7O6.6ClH/c1-14(2)20-12-21(24(42-28(39)17(5)32)13-23(20)41-27(38)16(4)31)25-33-36(26(37)15(3)30)29(40)35(25)19-7-8-22-18(11-19)9-10-34(22)6;;;;;;/h7-17H,30-32H2,1-6H3;6*1H. The van der Waals surface area contributed by atoms with E-state index in [-0.39, 0.29) is 103 Å². The molecule has 2 aromatic heterocycles. The molecule has 0 bridgehead atoms. The number of hydrogen-bond acceptors (Lipinski definition) is 10. The Balaban J connectivity index is -0.00000337. The summed E-state index contributed by atoms with van der Waals surface area (Å²) in [6.45, 7) is 8.10. The van der Waals surface area contributed by atoms with E-state index in [1.165, 1.54) is 31.4 Å². The first kappa shape index (κ1) is 49.5. The summed E-state index contributed by atoms with van der Waals surface area (Å²) in [5.41, 5.74) is 18.6. The first-order valence-electron chi connectivity index (χ1n) is 13.4. The maximum atomic E-state index is 13.8. The van der Waals surface area contributed by atoms with Crippen molar-refractivity contribution in [3.8, 4) is 28.6 Å². The Hall–Kier alpha value is -2.85. The van der Waals surface area contributed by atoms with Crippen LogP contribution in [-0.2, 0) is 16.6 Å². The lowest BCUT2D eigenvalue weighted by Crippen LogP contribution is -2.39. The second kappa shape index (κ2) is 20.0. The zero-order chi connectivity index (χ0) is 31.0. The first-order chi connectivity index (χ1) is 19.7. The molecule has 4 aromatic rings. The summed E-state index contributed by atoms with van der Waals surface area (Å²) >= 11 is 0. The number of aryl methyl sites for hydroxylation is 1. The van der Waals surface area contributed by atoms with Crippen molar-refractivity contribution >= 4 is 103 Å². The minimum absolute atomic E-state index is 0. The smallest absolute Gasteiger partial charge is 0.358 e. The first-order valence-corrected chi connectivity index (χ1v) is 13.4. The number of carbonyl (C=O) groups is 3. The van der Waals surface area contributed by atoms with Crippen molar-refractivity contribution in [1.82, 2.24) is 18.9 Å². The molecule has 0 radical (unpaired) electrons. The van der Waals surface area contributed by atoms with E-state index in [0.717, 1.165) is 10.9 Å². The lowest BCUT2D eigenvalue weighted by molar-refractivity contribution is -0.135. The molecule has 270 valence electrons. The van der Waals surface area contributed by atoms with Gasteiger partial charge in [-0.1, -0.05) is 13.8 Å².